The van der Waals surface area contributed by atoms with Crippen molar-refractivity contribution in [3.05, 3.63) is 73.1 Å². The second-order valence-electron chi connectivity index (χ2n) is 3.92. The van der Waals surface area contributed by atoms with Gasteiger partial charge in [-0.05, 0) is 23.9 Å². The number of benzene rings is 1. The van der Waals surface area contributed by atoms with Gasteiger partial charge in [-0.3, -0.25) is 4.98 Å². The number of hydrogen-bond acceptors (Lipinski definition) is 2. The van der Waals surface area contributed by atoms with Gasteiger partial charge in [-0.2, -0.15) is 0 Å². The normalized spacial score (nSPS) is 9.68. The second-order valence-corrected chi connectivity index (χ2v) is 3.92. The summed E-state index contributed by atoms with van der Waals surface area (Å²) >= 11 is 0. The van der Waals surface area contributed by atoms with Crippen LogP contribution in [0.5, 0.6) is 0 Å². The number of aromatic nitrogens is 2. The summed E-state index contributed by atoms with van der Waals surface area (Å²) < 4.78 is 0. The van der Waals surface area contributed by atoms with Gasteiger partial charge in [0.05, 0.1) is 0 Å². The molecule has 1 aromatic carbocycles. The molecule has 2 aromatic heterocycles. The molecule has 0 unspecified atom stereocenters. The van der Waals surface area contributed by atoms with Gasteiger partial charge in [0.2, 0.25) is 0 Å². The van der Waals surface area contributed by atoms with Crippen LogP contribution < -0.4 is 0 Å². The van der Waals surface area contributed by atoms with E-state index in [4.69, 9.17) is 0 Å². The molecule has 3 aromatic rings. The van der Waals surface area contributed by atoms with Crippen molar-refractivity contribution in [2.45, 2.75) is 0 Å². The Hall–Kier alpha value is -1.83. The van der Waals surface area contributed by atoms with Crippen LogP contribution in [0.25, 0.3) is 22.5 Å². The average molecular weight is 423 g/mol. The molecule has 0 spiro atoms. The molecule has 0 N–H and O–H groups in total. The van der Waals surface area contributed by atoms with Crippen LogP contribution in [0, 0.1) is 6.07 Å². The Morgan fingerprint density at radius 3 is 1.95 bits per heavy atom. The van der Waals surface area contributed by atoms with Gasteiger partial charge in [-0.1, -0.05) is 23.8 Å². The first-order valence-corrected chi connectivity index (χ1v) is 5.78. The predicted octanol–water partition coefficient (Wildman–Crippen LogP) is 3.61. The Morgan fingerprint density at radius 1 is 0.737 bits per heavy atom. The zero-order valence-corrected chi connectivity index (χ0v) is 12.5. The van der Waals surface area contributed by atoms with Gasteiger partial charge in [0.25, 0.3) is 0 Å². The molecule has 0 aliphatic heterocycles. The Morgan fingerprint density at radius 2 is 1.42 bits per heavy atom. The monoisotopic (exact) mass is 424 g/mol. The van der Waals surface area contributed by atoms with E-state index in [-0.39, 0.29) is 20.1 Å². The molecule has 0 aliphatic rings. The molecule has 95 valence electrons. The van der Waals surface area contributed by atoms with E-state index in [9.17, 15) is 0 Å². The molecular weight excluding hydrogens is 412 g/mol. The van der Waals surface area contributed by atoms with Gasteiger partial charge in [0.1, 0.15) is 0 Å². The number of hydrogen-bond donors (Lipinski definition) is 0. The maximum Gasteiger partial charge on any atom is 0.0288 e. The second kappa shape index (κ2) is 6.37. The van der Waals surface area contributed by atoms with Crippen molar-refractivity contribution in [2.75, 3.05) is 0 Å². The SMILES string of the molecule is [Ir].[c-]1cc(-c2ccccn2)ccc1-c1ccccn1. The van der Waals surface area contributed by atoms with E-state index >= 15 is 0 Å². The van der Waals surface area contributed by atoms with Crippen molar-refractivity contribution in [1.29, 1.82) is 0 Å². The molecule has 3 rings (SSSR count). The van der Waals surface area contributed by atoms with Gasteiger partial charge in [0, 0.05) is 38.2 Å². The fourth-order valence-corrected chi connectivity index (χ4v) is 1.80. The minimum atomic E-state index is 0. The molecule has 0 saturated carbocycles. The third-order valence-corrected chi connectivity index (χ3v) is 2.71. The first-order valence-electron chi connectivity index (χ1n) is 5.78. The summed E-state index contributed by atoms with van der Waals surface area (Å²) in [5.41, 5.74) is 3.96. The summed E-state index contributed by atoms with van der Waals surface area (Å²) in [7, 11) is 0. The zero-order valence-electron chi connectivity index (χ0n) is 10.1. The molecule has 1 radical (unpaired) electrons. The maximum atomic E-state index is 4.32. The Labute approximate surface area is 125 Å². The van der Waals surface area contributed by atoms with Crippen molar-refractivity contribution < 1.29 is 20.1 Å². The number of nitrogens with zero attached hydrogens (tertiary/aromatic N) is 2. The standard InChI is InChI=1S/C16H11N2.Ir/c1-3-11-17-15(5-1)13-7-9-14(10-8-13)16-6-2-4-12-18-16;/h1-9,11-12H;/q-1;. The van der Waals surface area contributed by atoms with Crippen LogP contribution in [0.4, 0.5) is 0 Å². The van der Waals surface area contributed by atoms with Crippen molar-refractivity contribution >= 4 is 0 Å². The van der Waals surface area contributed by atoms with E-state index < -0.39 is 0 Å². The third-order valence-electron chi connectivity index (χ3n) is 2.71. The van der Waals surface area contributed by atoms with Gasteiger partial charge in [0.15, 0.2) is 0 Å². The van der Waals surface area contributed by atoms with Crippen LogP contribution in [-0.4, -0.2) is 9.97 Å². The van der Waals surface area contributed by atoms with Crippen LogP contribution in [0.1, 0.15) is 0 Å². The van der Waals surface area contributed by atoms with E-state index in [0.717, 1.165) is 22.5 Å². The van der Waals surface area contributed by atoms with E-state index in [1.807, 2.05) is 54.6 Å². The smallest absolute Gasteiger partial charge is 0.0288 e. The molecule has 2 heterocycles. The van der Waals surface area contributed by atoms with Crippen LogP contribution in [0.3, 0.4) is 0 Å². The van der Waals surface area contributed by atoms with E-state index in [2.05, 4.69) is 16.0 Å². The summed E-state index contributed by atoms with van der Waals surface area (Å²) in [6.45, 7) is 0. The molecule has 19 heavy (non-hydrogen) atoms. The van der Waals surface area contributed by atoms with Crippen LogP contribution in [-0.2, 0) is 20.1 Å². The zero-order chi connectivity index (χ0) is 12.2. The largest absolute Gasteiger partial charge is 0.305 e. The summed E-state index contributed by atoms with van der Waals surface area (Å²) in [5.74, 6) is 0. The fraction of sp³-hybridized carbons (Fsp3) is 0. The summed E-state index contributed by atoms with van der Waals surface area (Å²) in [6.07, 6.45) is 3.58. The summed E-state index contributed by atoms with van der Waals surface area (Å²) in [4.78, 5) is 8.62. The third kappa shape index (κ3) is 3.14. The van der Waals surface area contributed by atoms with Gasteiger partial charge < -0.3 is 4.98 Å². The van der Waals surface area contributed by atoms with E-state index in [1.54, 1.807) is 12.4 Å². The van der Waals surface area contributed by atoms with Crippen molar-refractivity contribution in [2.24, 2.45) is 0 Å². The minimum Gasteiger partial charge on any atom is -0.305 e. The van der Waals surface area contributed by atoms with Crippen molar-refractivity contribution in [3.63, 3.8) is 0 Å². The predicted molar refractivity (Wildman–Crippen MR) is 71.7 cm³/mol. The molecule has 3 heteroatoms. The summed E-state index contributed by atoms with van der Waals surface area (Å²) in [5, 5.41) is 0. The van der Waals surface area contributed by atoms with Crippen LogP contribution in [0.2, 0.25) is 0 Å². The quantitative estimate of drug-likeness (QED) is 0.589. The number of pyridine rings is 2. The minimum absolute atomic E-state index is 0. The fourth-order valence-electron chi connectivity index (χ4n) is 1.80. The molecule has 0 aliphatic carbocycles. The maximum absolute atomic E-state index is 4.32. The Kier molecular flexibility index (Phi) is 4.56. The van der Waals surface area contributed by atoms with Crippen molar-refractivity contribution in [3.8, 4) is 22.5 Å². The molecule has 0 amide bonds. The van der Waals surface area contributed by atoms with E-state index in [1.165, 1.54) is 0 Å². The molecule has 0 saturated heterocycles. The van der Waals surface area contributed by atoms with Crippen LogP contribution >= 0.6 is 0 Å². The van der Waals surface area contributed by atoms with Crippen LogP contribution in [0.15, 0.2) is 67.0 Å². The molecule has 2 nitrogen and oxygen atoms in total. The molecule has 0 atom stereocenters. The molecule has 0 fully saturated rings. The first kappa shape index (κ1) is 13.6. The van der Waals surface area contributed by atoms with Gasteiger partial charge in [-0.15, -0.1) is 29.8 Å². The topological polar surface area (TPSA) is 25.8 Å². The number of rotatable bonds is 2. The van der Waals surface area contributed by atoms with E-state index in [0.29, 0.717) is 0 Å². The van der Waals surface area contributed by atoms with Gasteiger partial charge >= 0.3 is 0 Å². The average Bonchev–Trinajstić information content (AvgIpc) is 2.49. The summed E-state index contributed by atoms with van der Waals surface area (Å²) in [6, 6.07) is 21.0. The first-order chi connectivity index (χ1) is 8.93. The molecule has 0 bridgehead atoms. The van der Waals surface area contributed by atoms with Gasteiger partial charge in [-0.25, -0.2) is 0 Å². The molecular formula is C16H11IrN2-. The Bertz CT molecular complexity index is 563. The van der Waals surface area contributed by atoms with Crippen molar-refractivity contribution in [1.82, 2.24) is 9.97 Å². The Balaban J connectivity index is 0.00000133.